The molecular formula is C62H36N2. The van der Waals surface area contributed by atoms with Gasteiger partial charge in [0.25, 0.3) is 0 Å². The molecule has 0 radical (unpaired) electrons. The van der Waals surface area contributed by atoms with Crippen molar-refractivity contribution in [2.24, 2.45) is 0 Å². The predicted octanol–water partition coefficient (Wildman–Crippen LogP) is 16.8. The van der Waals surface area contributed by atoms with Gasteiger partial charge in [0, 0.05) is 16.3 Å². The Morgan fingerprint density at radius 1 is 0.266 bits per heavy atom. The lowest BCUT2D eigenvalue weighted by Crippen LogP contribution is -1.94. The van der Waals surface area contributed by atoms with Crippen molar-refractivity contribution in [3.05, 3.63) is 224 Å². The summed E-state index contributed by atoms with van der Waals surface area (Å²) in [5.74, 6) is 0. The third-order valence-electron chi connectivity index (χ3n) is 13.5. The van der Waals surface area contributed by atoms with Crippen LogP contribution < -0.4 is 0 Å². The fourth-order valence-corrected chi connectivity index (χ4v) is 10.4. The maximum atomic E-state index is 9.37. The van der Waals surface area contributed by atoms with E-state index in [1.165, 1.54) is 81.1 Å². The molecule has 0 bridgehead atoms. The number of nitrogens with zero attached hydrogens (tertiary/aromatic N) is 2. The molecule has 1 aromatic heterocycles. The summed E-state index contributed by atoms with van der Waals surface area (Å²) in [6, 6.07) is 81.3. The molecule has 0 aliphatic rings. The third kappa shape index (κ3) is 5.55. The topological polar surface area (TPSA) is 36.7 Å². The van der Waals surface area contributed by atoms with E-state index in [0.717, 1.165) is 49.8 Å². The van der Waals surface area contributed by atoms with Crippen molar-refractivity contribution in [3.8, 4) is 50.7 Å². The van der Waals surface area contributed by atoms with Crippen molar-refractivity contribution in [2.75, 3.05) is 0 Å². The van der Waals surface area contributed by atoms with Crippen LogP contribution in [-0.2, 0) is 0 Å². The smallest absolute Gasteiger partial charge is 0.0991 e. The molecule has 12 aromatic carbocycles. The number of hydrogen-bond donors (Lipinski definition) is 0. The third-order valence-corrected chi connectivity index (χ3v) is 13.5. The van der Waals surface area contributed by atoms with Gasteiger partial charge in [-0.1, -0.05) is 182 Å². The minimum Gasteiger partial charge on any atom is -0.247 e. The van der Waals surface area contributed by atoms with Gasteiger partial charge in [-0.2, -0.15) is 5.26 Å². The Labute approximate surface area is 369 Å². The maximum absolute atomic E-state index is 9.37. The van der Waals surface area contributed by atoms with Crippen molar-refractivity contribution >= 4 is 86.3 Å². The molecule has 0 N–H and O–H groups in total. The van der Waals surface area contributed by atoms with Gasteiger partial charge in [-0.05, 0) is 140 Å². The number of hydrogen-bond acceptors (Lipinski definition) is 2. The Bertz CT molecular complexity index is 4050. The van der Waals surface area contributed by atoms with E-state index < -0.39 is 0 Å². The van der Waals surface area contributed by atoms with Gasteiger partial charge in [-0.25, -0.2) is 4.98 Å². The van der Waals surface area contributed by atoms with E-state index in [9.17, 15) is 5.26 Å². The molecule has 0 atom stereocenters. The average Bonchev–Trinajstić information content (AvgIpc) is 3.38. The molecule has 0 spiro atoms. The van der Waals surface area contributed by atoms with Crippen LogP contribution in [0.15, 0.2) is 218 Å². The highest BCUT2D eigenvalue weighted by molar-refractivity contribution is 6.28. The maximum Gasteiger partial charge on any atom is 0.0991 e. The second-order valence-corrected chi connectivity index (χ2v) is 16.9. The highest BCUT2D eigenvalue weighted by Crippen LogP contribution is 2.44. The fourth-order valence-electron chi connectivity index (χ4n) is 10.4. The molecular weight excluding hydrogens is 773 g/mol. The van der Waals surface area contributed by atoms with Crippen LogP contribution in [0, 0.1) is 11.3 Å². The first kappa shape index (κ1) is 36.1. The molecule has 13 aromatic rings. The zero-order valence-corrected chi connectivity index (χ0v) is 34.7. The highest BCUT2D eigenvalue weighted by Gasteiger charge is 2.19. The number of pyridine rings is 1. The van der Waals surface area contributed by atoms with Gasteiger partial charge in [-0.3, -0.25) is 0 Å². The van der Waals surface area contributed by atoms with Gasteiger partial charge in [-0.15, -0.1) is 0 Å². The monoisotopic (exact) mass is 808 g/mol. The Kier molecular flexibility index (Phi) is 8.01. The molecule has 0 saturated carbocycles. The van der Waals surface area contributed by atoms with Crippen LogP contribution in [0.5, 0.6) is 0 Å². The molecule has 13 rings (SSSR count). The van der Waals surface area contributed by atoms with E-state index in [-0.39, 0.29) is 0 Å². The predicted molar refractivity (Wildman–Crippen MR) is 271 cm³/mol. The van der Waals surface area contributed by atoms with Crippen molar-refractivity contribution in [3.63, 3.8) is 0 Å². The fraction of sp³-hybridized carbons (Fsp3) is 0. The van der Waals surface area contributed by atoms with E-state index in [1.54, 1.807) is 0 Å². The molecule has 2 heteroatoms. The molecule has 0 unspecified atom stereocenters. The number of aromatic nitrogens is 1. The van der Waals surface area contributed by atoms with Crippen molar-refractivity contribution in [2.45, 2.75) is 0 Å². The first-order chi connectivity index (χ1) is 31.7. The molecule has 0 amide bonds. The summed E-state index contributed by atoms with van der Waals surface area (Å²) in [6.45, 7) is 0. The van der Waals surface area contributed by atoms with Gasteiger partial charge >= 0.3 is 0 Å². The van der Waals surface area contributed by atoms with Crippen LogP contribution in [0.4, 0.5) is 0 Å². The van der Waals surface area contributed by atoms with Crippen LogP contribution in [0.25, 0.3) is 131 Å². The largest absolute Gasteiger partial charge is 0.247 e. The lowest BCUT2D eigenvalue weighted by Gasteiger charge is -2.18. The first-order valence-corrected chi connectivity index (χ1v) is 21.8. The zero-order valence-electron chi connectivity index (χ0n) is 34.7. The van der Waals surface area contributed by atoms with Crippen LogP contribution in [0.2, 0.25) is 0 Å². The molecule has 0 saturated heterocycles. The molecule has 0 aliphatic carbocycles. The van der Waals surface area contributed by atoms with Crippen LogP contribution in [0.3, 0.4) is 0 Å². The summed E-state index contributed by atoms with van der Waals surface area (Å²) in [7, 11) is 0. The normalized spacial score (nSPS) is 11.7. The van der Waals surface area contributed by atoms with E-state index in [2.05, 4.69) is 200 Å². The molecule has 294 valence electrons. The summed E-state index contributed by atoms with van der Waals surface area (Å²) >= 11 is 0. The minimum atomic E-state index is 0.654. The number of rotatable bonds is 4. The Morgan fingerprint density at radius 2 is 0.609 bits per heavy atom. The van der Waals surface area contributed by atoms with Gasteiger partial charge in [0.2, 0.25) is 0 Å². The van der Waals surface area contributed by atoms with Crippen molar-refractivity contribution < 1.29 is 0 Å². The second kappa shape index (κ2) is 14.2. The lowest BCUT2D eigenvalue weighted by molar-refractivity contribution is 1.41. The molecule has 0 fully saturated rings. The van der Waals surface area contributed by atoms with Gasteiger partial charge in [0.05, 0.1) is 22.8 Å². The Morgan fingerprint density at radius 3 is 1.06 bits per heavy atom. The van der Waals surface area contributed by atoms with E-state index in [1.807, 2.05) is 24.3 Å². The summed E-state index contributed by atoms with van der Waals surface area (Å²) in [4.78, 5) is 5.56. The van der Waals surface area contributed by atoms with Crippen LogP contribution in [0.1, 0.15) is 5.56 Å². The SMILES string of the molecule is N#Cc1ccc(-c2ccc(-c3cc(-c4ccc5c6ccccc6c6ccccc6c5c4)c4cc(-c5ccc6c7ccccc7c7ccccc7c6c5)c5ccccc5c4n3)cc2)cc1. The van der Waals surface area contributed by atoms with E-state index in [4.69, 9.17) is 4.98 Å². The minimum absolute atomic E-state index is 0.654. The molecule has 1 heterocycles. The summed E-state index contributed by atoms with van der Waals surface area (Å²) in [6.07, 6.45) is 0. The Balaban J connectivity index is 1.08. The number of fused-ring (bicyclic) bond motifs is 15. The molecule has 0 aliphatic heterocycles. The van der Waals surface area contributed by atoms with Crippen LogP contribution >= 0.6 is 0 Å². The van der Waals surface area contributed by atoms with Crippen molar-refractivity contribution in [1.29, 1.82) is 5.26 Å². The van der Waals surface area contributed by atoms with Crippen LogP contribution in [-0.4, -0.2) is 4.98 Å². The molecule has 2 nitrogen and oxygen atoms in total. The zero-order chi connectivity index (χ0) is 42.3. The number of benzene rings is 12. The lowest BCUT2D eigenvalue weighted by atomic mass is 9.87. The van der Waals surface area contributed by atoms with E-state index in [0.29, 0.717) is 5.56 Å². The quantitative estimate of drug-likeness (QED) is 0.166. The first-order valence-electron chi connectivity index (χ1n) is 21.8. The van der Waals surface area contributed by atoms with E-state index >= 15 is 0 Å². The average molecular weight is 809 g/mol. The second-order valence-electron chi connectivity index (χ2n) is 16.9. The molecule has 64 heavy (non-hydrogen) atoms. The summed E-state index contributed by atoms with van der Waals surface area (Å²) in [5, 5.41) is 27.9. The number of nitriles is 1. The summed E-state index contributed by atoms with van der Waals surface area (Å²) < 4.78 is 0. The van der Waals surface area contributed by atoms with Crippen molar-refractivity contribution in [1.82, 2.24) is 4.98 Å². The van der Waals surface area contributed by atoms with Gasteiger partial charge in [0.1, 0.15) is 0 Å². The van der Waals surface area contributed by atoms with Gasteiger partial charge in [0.15, 0.2) is 0 Å². The standard InChI is InChI=1S/C62H36N2/c63-37-38-21-23-39(24-22-38)40-25-27-41(28-26-40)61-36-57(43-30-32-54-49-16-4-2-12-45(49)47-14-6-8-18-51(47)59(54)34-43)60-35-56(52-19-9-10-20-55(52)62(60)64-61)42-29-31-53-48-15-3-1-11-44(48)46-13-5-7-17-50(46)58(53)33-42/h1-36H. The Hall–Kier alpha value is -8.64. The van der Waals surface area contributed by atoms with Gasteiger partial charge < -0.3 is 0 Å². The summed E-state index contributed by atoms with van der Waals surface area (Å²) in [5.41, 5.74) is 10.4. The highest BCUT2D eigenvalue weighted by atomic mass is 14.7.